The Morgan fingerprint density at radius 3 is 3.06 bits per heavy atom. The van der Waals surface area contributed by atoms with E-state index in [1.807, 2.05) is 6.26 Å². The van der Waals surface area contributed by atoms with E-state index in [2.05, 4.69) is 10.3 Å². The number of hydrogen-bond acceptors (Lipinski definition) is 5. The first-order chi connectivity index (χ1) is 7.63. The Bertz CT molecular complexity index is 388. The molecular formula is C9H15N3O2S2. The van der Waals surface area contributed by atoms with Crippen LogP contribution in [0.25, 0.3) is 0 Å². The van der Waals surface area contributed by atoms with Gasteiger partial charge in [0.25, 0.3) is 0 Å². The molecule has 0 fully saturated rings. The molecule has 4 N–H and O–H groups in total. The predicted octanol–water partition coefficient (Wildman–Crippen LogP) is 0.133. The van der Waals surface area contributed by atoms with Crippen LogP contribution in [-0.2, 0) is 11.3 Å². The van der Waals surface area contributed by atoms with Crippen LogP contribution in [0.1, 0.15) is 12.1 Å². The van der Waals surface area contributed by atoms with Gasteiger partial charge in [-0.15, -0.1) is 0 Å². The largest absolute Gasteiger partial charge is 0.349 e. The normalized spacial score (nSPS) is 12.4. The highest BCUT2D eigenvalue weighted by Crippen LogP contribution is 1.99. The summed E-state index contributed by atoms with van der Waals surface area (Å²) in [6.45, 7) is 0.324. The lowest BCUT2D eigenvalue weighted by molar-refractivity contribution is -0.122. The van der Waals surface area contributed by atoms with Crippen LogP contribution in [0, 0.1) is 0 Å². The smallest absolute Gasteiger partial charge is 0.304 e. The number of nitrogens with two attached hydrogens (primary N) is 1. The summed E-state index contributed by atoms with van der Waals surface area (Å²) in [5, 5.41) is 4.37. The van der Waals surface area contributed by atoms with Gasteiger partial charge in [-0.05, 0) is 18.4 Å². The van der Waals surface area contributed by atoms with E-state index in [9.17, 15) is 9.59 Å². The van der Waals surface area contributed by atoms with Gasteiger partial charge in [-0.1, -0.05) is 11.3 Å². The molecule has 0 saturated carbocycles. The Hall–Kier alpha value is -0.790. The third-order valence-electron chi connectivity index (χ3n) is 1.99. The topological polar surface area (TPSA) is 88.0 Å². The molecule has 1 amide bonds. The molecule has 1 aromatic rings. The summed E-state index contributed by atoms with van der Waals surface area (Å²) in [6.07, 6.45) is 2.63. The maximum Gasteiger partial charge on any atom is 0.304 e. The van der Waals surface area contributed by atoms with Crippen molar-refractivity contribution in [3.05, 3.63) is 20.7 Å². The zero-order valence-corrected chi connectivity index (χ0v) is 10.6. The van der Waals surface area contributed by atoms with Gasteiger partial charge in [0.2, 0.25) is 5.91 Å². The summed E-state index contributed by atoms with van der Waals surface area (Å²) in [7, 11) is 0. The van der Waals surface area contributed by atoms with E-state index in [-0.39, 0.29) is 10.8 Å². The number of thioether (sulfide) groups is 1. The second-order valence-corrected chi connectivity index (χ2v) is 5.11. The van der Waals surface area contributed by atoms with Gasteiger partial charge in [0, 0.05) is 11.1 Å². The lowest BCUT2D eigenvalue weighted by Crippen LogP contribution is -2.40. The van der Waals surface area contributed by atoms with Gasteiger partial charge >= 0.3 is 4.87 Å². The van der Waals surface area contributed by atoms with E-state index in [4.69, 9.17) is 5.73 Å². The van der Waals surface area contributed by atoms with E-state index in [0.717, 1.165) is 17.1 Å². The standard InChI is InChI=1S/C9H15N3O2S2/c1-15-3-2-7(10)8(13)11-4-6-5-16-9(14)12-6/h5,7H,2-4,10H2,1H3,(H,11,13)(H,12,14)/t7-/m0/s1. The van der Waals surface area contributed by atoms with Gasteiger partial charge in [-0.3, -0.25) is 9.59 Å². The van der Waals surface area contributed by atoms with E-state index in [1.54, 1.807) is 17.1 Å². The van der Waals surface area contributed by atoms with Crippen LogP contribution in [0.4, 0.5) is 0 Å². The van der Waals surface area contributed by atoms with Gasteiger partial charge in [0.15, 0.2) is 0 Å². The van der Waals surface area contributed by atoms with E-state index < -0.39 is 6.04 Å². The van der Waals surface area contributed by atoms with Crippen molar-refractivity contribution in [2.75, 3.05) is 12.0 Å². The molecular weight excluding hydrogens is 246 g/mol. The Balaban J connectivity index is 2.32. The van der Waals surface area contributed by atoms with Crippen molar-refractivity contribution in [2.45, 2.75) is 19.0 Å². The number of hydrogen-bond donors (Lipinski definition) is 3. The molecule has 7 heteroatoms. The minimum Gasteiger partial charge on any atom is -0.349 e. The quantitative estimate of drug-likeness (QED) is 0.679. The summed E-state index contributed by atoms with van der Waals surface area (Å²) >= 11 is 2.74. The lowest BCUT2D eigenvalue weighted by Gasteiger charge is -2.10. The molecule has 0 aromatic carbocycles. The number of aromatic amines is 1. The van der Waals surface area contributed by atoms with Crippen LogP contribution in [0.5, 0.6) is 0 Å². The molecule has 1 heterocycles. The average Bonchev–Trinajstić information content (AvgIpc) is 2.68. The fraction of sp³-hybridized carbons (Fsp3) is 0.556. The third kappa shape index (κ3) is 4.38. The Morgan fingerprint density at radius 1 is 1.75 bits per heavy atom. The molecule has 90 valence electrons. The number of aromatic nitrogens is 1. The Morgan fingerprint density at radius 2 is 2.50 bits per heavy atom. The first-order valence-corrected chi connectivity index (χ1v) is 7.09. The molecule has 1 aromatic heterocycles. The van der Waals surface area contributed by atoms with Gasteiger partial charge in [-0.2, -0.15) is 11.8 Å². The highest BCUT2D eigenvalue weighted by molar-refractivity contribution is 7.98. The Kier molecular flexibility index (Phi) is 5.58. The molecule has 5 nitrogen and oxygen atoms in total. The summed E-state index contributed by atoms with van der Waals surface area (Å²) < 4.78 is 0. The SMILES string of the molecule is CSCC[C@H](N)C(=O)NCc1csc(=O)[nH]1. The van der Waals surface area contributed by atoms with Crippen molar-refractivity contribution < 1.29 is 4.79 Å². The van der Waals surface area contributed by atoms with Gasteiger partial charge in [0.05, 0.1) is 12.6 Å². The second-order valence-electron chi connectivity index (χ2n) is 3.28. The molecule has 0 aliphatic rings. The summed E-state index contributed by atoms with van der Waals surface area (Å²) in [5.74, 6) is 0.685. The predicted molar refractivity (Wildman–Crippen MR) is 67.8 cm³/mol. The number of carbonyl (C=O) groups is 1. The van der Waals surface area contributed by atoms with Crippen molar-refractivity contribution in [2.24, 2.45) is 5.73 Å². The molecule has 0 radical (unpaired) electrons. The van der Waals surface area contributed by atoms with Crippen LogP contribution in [-0.4, -0.2) is 28.9 Å². The summed E-state index contributed by atoms with van der Waals surface area (Å²) in [6, 6.07) is -0.474. The molecule has 0 saturated heterocycles. The Labute approximate surface area is 102 Å². The van der Waals surface area contributed by atoms with Crippen molar-refractivity contribution >= 4 is 29.0 Å². The van der Waals surface area contributed by atoms with Crippen molar-refractivity contribution in [3.63, 3.8) is 0 Å². The first kappa shape index (κ1) is 13.3. The zero-order chi connectivity index (χ0) is 12.0. The minimum atomic E-state index is -0.474. The van der Waals surface area contributed by atoms with E-state index in [0.29, 0.717) is 18.7 Å². The maximum atomic E-state index is 11.5. The van der Waals surface area contributed by atoms with Crippen molar-refractivity contribution in [1.29, 1.82) is 0 Å². The number of H-pyrrole nitrogens is 1. The van der Waals surface area contributed by atoms with Gasteiger partial charge in [-0.25, -0.2) is 0 Å². The molecule has 16 heavy (non-hydrogen) atoms. The van der Waals surface area contributed by atoms with Crippen molar-refractivity contribution in [1.82, 2.24) is 10.3 Å². The van der Waals surface area contributed by atoms with Crippen molar-refractivity contribution in [3.8, 4) is 0 Å². The fourth-order valence-corrected chi connectivity index (χ4v) is 2.16. The summed E-state index contributed by atoms with van der Waals surface area (Å²) in [4.78, 5) is 24.8. The first-order valence-electron chi connectivity index (χ1n) is 4.82. The van der Waals surface area contributed by atoms with Gasteiger partial charge < -0.3 is 16.0 Å². The number of nitrogens with one attached hydrogen (secondary N) is 2. The molecule has 1 rings (SSSR count). The van der Waals surface area contributed by atoms with E-state index in [1.165, 1.54) is 0 Å². The highest BCUT2D eigenvalue weighted by atomic mass is 32.2. The minimum absolute atomic E-state index is 0.115. The van der Waals surface area contributed by atoms with Crippen LogP contribution >= 0.6 is 23.1 Å². The van der Waals surface area contributed by atoms with Crippen LogP contribution in [0.15, 0.2) is 10.2 Å². The molecule has 0 spiro atoms. The number of rotatable bonds is 6. The van der Waals surface area contributed by atoms with Crippen LogP contribution in [0.3, 0.4) is 0 Å². The molecule has 1 atom stereocenters. The lowest BCUT2D eigenvalue weighted by atomic mass is 10.2. The number of thiazole rings is 1. The molecule has 0 aliphatic carbocycles. The monoisotopic (exact) mass is 261 g/mol. The average molecular weight is 261 g/mol. The van der Waals surface area contributed by atoms with Crippen LogP contribution < -0.4 is 15.9 Å². The molecule has 0 bridgehead atoms. The maximum absolute atomic E-state index is 11.5. The second kappa shape index (κ2) is 6.72. The molecule has 0 unspecified atom stereocenters. The molecule has 0 aliphatic heterocycles. The third-order valence-corrected chi connectivity index (χ3v) is 3.36. The fourth-order valence-electron chi connectivity index (χ4n) is 1.09. The number of carbonyl (C=O) groups excluding carboxylic acids is 1. The summed E-state index contributed by atoms with van der Waals surface area (Å²) in [5.41, 5.74) is 6.39. The van der Waals surface area contributed by atoms with Gasteiger partial charge in [0.1, 0.15) is 0 Å². The number of amides is 1. The van der Waals surface area contributed by atoms with Crippen LogP contribution in [0.2, 0.25) is 0 Å². The highest BCUT2D eigenvalue weighted by Gasteiger charge is 2.12. The zero-order valence-electron chi connectivity index (χ0n) is 8.99. The van der Waals surface area contributed by atoms with E-state index >= 15 is 0 Å².